The van der Waals surface area contributed by atoms with E-state index >= 15 is 0 Å². The molecule has 0 aliphatic heterocycles. The van der Waals surface area contributed by atoms with Gasteiger partial charge < -0.3 is 4.57 Å². The molecular weight excluding hydrogens is 194 g/mol. The lowest BCUT2D eigenvalue weighted by Crippen LogP contribution is -1.94. The Morgan fingerprint density at radius 1 is 0.812 bits per heavy atom. The molecule has 1 heteroatoms. The van der Waals surface area contributed by atoms with Crippen molar-refractivity contribution in [1.29, 1.82) is 0 Å². The van der Waals surface area contributed by atoms with Gasteiger partial charge >= 0.3 is 0 Å². The predicted molar refractivity (Wildman–Crippen MR) is 68.0 cm³/mol. The predicted octanol–water partition coefficient (Wildman–Crippen LogP) is 3.94. The lowest BCUT2D eigenvalue weighted by molar-refractivity contribution is 1.10. The van der Waals surface area contributed by atoms with Gasteiger partial charge in [0.1, 0.15) is 0 Å². The molecule has 0 aliphatic carbocycles. The SMILES string of the molecule is Cc1ccccc1-n1ccc2ccccc21. The summed E-state index contributed by atoms with van der Waals surface area (Å²) in [4.78, 5) is 0. The number of aryl methyl sites for hydroxylation is 1. The monoisotopic (exact) mass is 207 g/mol. The Bertz CT molecular complexity index is 634. The molecule has 0 saturated heterocycles. The van der Waals surface area contributed by atoms with Crippen molar-refractivity contribution in [1.82, 2.24) is 4.57 Å². The molecule has 0 atom stereocenters. The van der Waals surface area contributed by atoms with E-state index in [0.717, 1.165) is 0 Å². The highest BCUT2D eigenvalue weighted by molar-refractivity contribution is 5.82. The number of aromatic nitrogens is 1. The Kier molecular flexibility index (Phi) is 2.03. The van der Waals surface area contributed by atoms with Crippen LogP contribution in [0.25, 0.3) is 16.6 Å². The largest absolute Gasteiger partial charge is 0.316 e. The van der Waals surface area contributed by atoms with E-state index < -0.39 is 0 Å². The van der Waals surface area contributed by atoms with Crippen LogP contribution in [0.15, 0.2) is 60.8 Å². The summed E-state index contributed by atoms with van der Waals surface area (Å²) in [7, 11) is 0. The first kappa shape index (κ1) is 9.22. The van der Waals surface area contributed by atoms with Gasteiger partial charge in [0.05, 0.1) is 5.52 Å². The Balaban J connectivity index is 2.31. The Morgan fingerprint density at radius 3 is 2.44 bits per heavy atom. The second kappa shape index (κ2) is 3.53. The summed E-state index contributed by atoms with van der Waals surface area (Å²) >= 11 is 0. The second-order valence-electron chi connectivity index (χ2n) is 4.03. The van der Waals surface area contributed by atoms with Gasteiger partial charge in [0.25, 0.3) is 0 Å². The van der Waals surface area contributed by atoms with Gasteiger partial charge in [-0.05, 0) is 36.1 Å². The average molecular weight is 207 g/mol. The van der Waals surface area contributed by atoms with Crippen molar-refractivity contribution in [2.75, 3.05) is 0 Å². The number of fused-ring (bicyclic) bond motifs is 1. The van der Waals surface area contributed by atoms with Crippen molar-refractivity contribution >= 4 is 10.9 Å². The minimum absolute atomic E-state index is 1.25. The van der Waals surface area contributed by atoms with E-state index in [1.807, 2.05) is 0 Å². The van der Waals surface area contributed by atoms with Crippen molar-refractivity contribution in [3.05, 3.63) is 66.4 Å². The van der Waals surface area contributed by atoms with Crippen molar-refractivity contribution in [3.63, 3.8) is 0 Å². The first-order valence-electron chi connectivity index (χ1n) is 5.48. The van der Waals surface area contributed by atoms with Crippen molar-refractivity contribution in [2.45, 2.75) is 6.92 Å². The molecule has 0 unspecified atom stereocenters. The lowest BCUT2D eigenvalue weighted by Gasteiger charge is -2.08. The van der Waals surface area contributed by atoms with Crippen LogP contribution in [-0.2, 0) is 0 Å². The highest BCUT2D eigenvalue weighted by Crippen LogP contribution is 2.21. The Hall–Kier alpha value is -2.02. The Labute approximate surface area is 95.0 Å². The fraction of sp³-hybridized carbons (Fsp3) is 0.0667. The summed E-state index contributed by atoms with van der Waals surface area (Å²) in [6.45, 7) is 2.14. The molecule has 1 aromatic heterocycles. The first-order chi connectivity index (χ1) is 7.86. The van der Waals surface area contributed by atoms with Crippen LogP contribution >= 0.6 is 0 Å². The van der Waals surface area contributed by atoms with Gasteiger partial charge in [0.15, 0.2) is 0 Å². The third-order valence-corrected chi connectivity index (χ3v) is 2.97. The normalized spacial score (nSPS) is 10.8. The number of para-hydroxylation sites is 2. The zero-order chi connectivity index (χ0) is 11.0. The second-order valence-corrected chi connectivity index (χ2v) is 4.03. The fourth-order valence-corrected chi connectivity index (χ4v) is 2.13. The molecule has 0 radical (unpaired) electrons. The highest BCUT2D eigenvalue weighted by atomic mass is 15.0. The van der Waals surface area contributed by atoms with E-state index in [0.29, 0.717) is 0 Å². The van der Waals surface area contributed by atoms with E-state index in [4.69, 9.17) is 0 Å². The number of hydrogen-bond acceptors (Lipinski definition) is 0. The minimum atomic E-state index is 1.25. The van der Waals surface area contributed by atoms with E-state index in [1.165, 1.54) is 22.2 Å². The molecule has 3 aromatic rings. The number of nitrogens with zero attached hydrogens (tertiary/aromatic N) is 1. The number of rotatable bonds is 1. The van der Waals surface area contributed by atoms with Crippen LogP contribution < -0.4 is 0 Å². The third kappa shape index (κ3) is 1.33. The summed E-state index contributed by atoms with van der Waals surface area (Å²) in [6, 6.07) is 19.1. The highest BCUT2D eigenvalue weighted by Gasteiger charge is 2.03. The van der Waals surface area contributed by atoms with Crippen LogP contribution in [0.5, 0.6) is 0 Å². The topological polar surface area (TPSA) is 4.93 Å². The maximum absolute atomic E-state index is 2.24. The van der Waals surface area contributed by atoms with Crippen molar-refractivity contribution in [3.8, 4) is 5.69 Å². The molecule has 1 nitrogen and oxygen atoms in total. The summed E-state index contributed by atoms with van der Waals surface area (Å²) < 4.78 is 2.24. The maximum Gasteiger partial charge on any atom is 0.0528 e. The molecule has 0 bridgehead atoms. The molecule has 0 amide bonds. The van der Waals surface area contributed by atoms with E-state index in [1.54, 1.807) is 0 Å². The van der Waals surface area contributed by atoms with Gasteiger partial charge in [-0.2, -0.15) is 0 Å². The van der Waals surface area contributed by atoms with E-state index in [-0.39, 0.29) is 0 Å². The van der Waals surface area contributed by atoms with Gasteiger partial charge in [-0.3, -0.25) is 0 Å². The molecular formula is C15H13N. The molecule has 2 aromatic carbocycles. The summed E-state index contributed by atoms with van der Waals surface area (Å²) in [6.07, 6.45) is 2.13. The Morgan fingerprint density at radius 2 is 1.56 bits per heavy atom. The van der Waals surface area contributed by atoms with Gasteiger partial charge in [-0.25, -0.2) is 0 Å². The summed E-state index contributed by atoms with van der Waals surface area (Å²) in [5, 5.41) is 1.28. The molecule has 0 aliphatic rings. The molecule has 3 rings (SSSR count). The molecule has 16 heavy (non-hydrogen) atoms. The molecule has 1 heterocycles. The van der Waals surface area contributed by atoms with Gasteiger partial charge in [-0.15, -0.1) is 0 Å². The molecule has 0 spiro atoms. The smallest absolute Gasteiger partial charge is 0.0528 e. The van der Waals surface area contributed by atoms with Gasteiger partial charge in [-0.1, -0.05) is 36.4 Å². The average Bonchev–Trinajstić information content (AvgIpc) is 2.74. The number of benzene rings is 2. The van der Waals surface area contributed by atoms with Crippen molar-refractivity contribution in [2.24, 2.45) is 0 Å². The van der Waals surface area contributed by atoms with Gasteiger partial charge in [0.2, 0.25) is 0 Å². The lowest BCUT2D eigenvalue weighted by atomic mass is 10.2. The standard InChI is InChI=1S/C15H13N/c1-12-6-2-4-8-14(12)16-11-10-13-7-3-5-9-15(13)16/h2-11H,1H3. The quantitative estimate of drug-likeness (QED) is 0.569. The molecule has 0 N–H and O–H groups in total. The van der Waals surface area contributed by atoms with Crippen LogP contribution in [0.1, 0.15) is 5.56 Å². The summed E-state index contributed by atoms with van der Waals surface area (Å²) in [5.41, 5.74) is 3.81. The maximum atomic E-state index is 2.24. The van der Waals surface area contributed by atoms with Crippen molar-refractivity contribution < 1.29 is 0 Å². The van der Waals surface area contributed by atoms with Crippen LogP contribution in [-0.4, -0.2) is 4.57 Å². The fourth-order valence-electron chi connectivity index (χ4n) is 2.13. The van der Waals surface area contributed by atoms with E-state index in [9.17, 15) is 0 Å². The number of hydrogen-bond donors (Lipinski definition) is 0. The van der Waals surface area contributed by atoms with Crippen LogP contribution in [0.4, 0.5) is 0 Å². The zero-order valence-corrected chi connectivity index (χ0v) is 9.22. The zero-order valence-electron chi connectivity index (χ0n) is 9.22. The van der Waals surface area contributed by atoms with Gasteiger partial charge in [0, 0.05) is 11.9 Å². The van der Waals surface area contributed by atoms with Crippen LogP contribution in [0.2, 0.25) is 0 Å². The summed E-state index contributed by atoms with van der Waals surface area (Å²) in [5.74, 6) is 0. The third-order valence-electron chi connectivity index (χ3n) is 2.97. The molecule has 0 saturated carbocycles. The minimum Gasteiger partial charge on any atom is -0.316 e. The van der Waals surface area contributed by atoms with E-state index in [2.05, 4.69) is 72.3 Å². The van der Waals surface area contributed by atoms with Crippen LogP contribution in [0.3, 0.4) is 0 Å². The first-order valence-corrected chi connectivity index (χ1v) is 5.48. The van der Waals surface area contributed by atoms with Crippen LogP contribution in [0, 0.1) is 6.92 Å². The molecule has 78 valence electrons. The molecule has 0 fully saturated rings.